The maximum absolute atomic E-state index is 5.65. The van der Waals surface area contributed by atoms with E-state index in [1.165, 1.54) is 66.4 Å². The van der Waals surface area contributed by atoms with Gasteiger partial charge in [0.1, 0.15) is 5.75 Å². The Bertz CT molecular complexity index is 857. The van der Waals surface area contributed by atoms with Crippen molar-refractivity contribution in [1.82, 2.24) is 0 Å². The van der Waals surface area contributed by atoms with Crippen molar-refractivity contribution in [3.63, 3.8) is 0 Å². The van der Waals surface area contributed by atoms with Crippen LogP contribution in [0.15, 0.2) is 29.8 Å². The Morgan fingerprint density at radius 3 is 2.69 bits per heavy atom. The quantitative estimate of drug-likeness (QED) is 0.597. The van der Waals surface area contributed by atoms with Crippen LogP contribution in [-0.2, 0) is 25.7 Å². The van der Waals surface area contributed by atoms with Gasteiger partial charge in [-0.1, -0.05) is 37.1 Å². The van der Waals surface area contributed by atoms with E-state index in [1.54, 1.807) is 23.8 Å². The molecule has 0 atom stereocenters. The second-order valence-corrected chi connectivity index (χ2v) is 7.96. The van der Waals surface area contributed by atoms with Crippen LogP contribution in [0.4, 0.5) is 0 Å². The molecule has 2 aliphatic rings. The van der Waals surface area contributed by atoms with E-state index < -0.39 is 0 Å². The molecule has 0 saturated carbocycles. The maximum atomic E-state index is 5.65. The summed E-state index contributed by atoms with van der Waals surface area (Å²) >= 11 is 0. The average molecular weight is 347 g/mol. The summed E-state index contributed by atoms with van der Waals surface area (Å²) in [6.07, 6.45) is 12.2. The number of unbranched alkanes of at least 4 members (excludes halogenated alkanes) is 1. The number of ether oxygens (including phenoxy) is 1. The van der Waals surface area contributed by atoms with Crippen molar-refractivity contribution < 1.29 is 4.74 Å². The smallest absolute Gasteiger partial charge is 0.122 e. The normalized spacial score (nSPS) is 15.4. The minimum absolute atomic E-state index is 1.04. The molecule has 0 bridgehead atoms. The first-order chi connectivity index (χ1) is 12.7. The monoisotopic (exact) mass is 346 g/mol. The maximum Gasteiger partial charge on any atom is 0.122 e. The predicted octanol–water partition coefficient (Wildman–Crippen LogP) is 6.54. The molecule has 0 aromatic heterocycles. The van der Waals surface area contributed by atoms with E-state index in [4.69, 9.17) is 4.74 Å². The molecular formula is C25H30O. The molecule has 4 rings (SSSR count). The Kier molecular flexibility index (Phi) is 4.89. The van der Waals surface area contributed by atoms with Gasteiger partial charge in [-0.2, -0.15) is 0 Å². The van der Waals surface area contributed by atoms with Gasteiger partial charge in [-0.3, -0.25) is 0 Å². The molecule has 2 aromatic carbocycles. The molecule has 0 radical (unpaired) electrons. The van der Waals surface area contributed by atoms with Crippen molar-refractivity contribution in [1.29, 1.82) is 0 Å². The summed E-state index contributed by atoms with van der Waals surface area (Å²) in [6.45, 7) is 4.52. The summed E-state index contributed by atoms with van der Waals surface area (Å²) in [6, 6.07) is 9.36. The van der Waals surface area contributed by atoms with Crippen LogP contribution in [0.1, 0.15) is 67.3 Å². The first-order valence-electron chi connectivity index (χ1n) is 10.2. The van der Waals surface area contributed by atoms with Gasteiger partial charge in [0.2, 0.25) is 0 Å². The fourth-order valence-electron chi connectivity index (χ4n) is 4.73. The van der Waals surface area contributed by atoms with Gasteiger partial charge in [0.25, 0.3) is 0 Å². The zero-order valence-corrected chi connectivity index (χ0v) is 16.5. The number of allylic oxidation sites excluding steroid dienone is 1. The van der Waals surface area contributed by atoms with Crippen LogP contribution in [-0.4, -0.2) is 7.11 Å². The standard InChI is InChI=1S/C25H30O/c1-4-5-8-19-16-20(11-12-24(19)26-3)25-22-10-7-6-9-18(22)15-21-13-17(2)14-23(21)25/h11-13,15-16H,4-10,14H2,1-3H3. The molecule has 26 heavy (non-hydrogen) atoms. The van der Waals surface area contributed by atoms with E-state index in [0.717, 1.165) is 18.6 Å². The lowest BCUT2D eigenvalue weighted by atomic mass is 9.81. The molecule has 1 nitrogen and oxygen atoms in total. The van der Waals surface area contributed by atoms with Crippen molar-refractivity contribution in [2.75, 3.05) is 7.11 Å². The minimum atomic E-state index is 1.04. The number of rotatable bonds is 5. The number of aryl methyl sites for hydroxylation is 2. The molecule has 0 N–H and O–H groups in total. The van der Waals surface area contributed by atoms with Gasteiger partial charge in [-0.15, -0.1) is 0 Å². The largest absolute Gasteiger partial charge is 0.496 e. The van der Waals surface area contributed by atoms with Crippen LogP contribution in [0.2, 0.25) is 0 Å². The number of hydrogen-bond donors (Lipinski definition) is 0. The second-order valence-electron chi connectivity index (χ2n) is 7.96. The molecule has 0 saturated heterocycles. The van der Waals surface area contributed by atoms with Crippen LogP contribution in [0, 0.1) is 0 Å². The first-order valence-corrected chi connectivity index (χ1v) is 10.2. The summed E-state index contributed by atoms with van der Waals surface area (Å²) in [5.74, 6) is 1.04. The lowest BCUT2D eigenvalue weighted by Crippen LogP contribution is -2.08. The third-order valence-electron chi connectivity index (χ3n) is 6.02. The Hall–Kier alpha value is -2.02. The number of hydrogen-bond acceptors (Lipinski definition) is 1. The highest BCUT2D eigenvalue weighted by molar-refractivity contribution is 5.81. The number of fused-ring (bicyclic) bond motifs is 2. The van der Waals surface area contributed by atoms with E-state index in [1.807, 2.05) is 0 Å². The van der Waals surface area contributed by atoms with Crippen molar-refractivity contribution in [2.45, 2.75) is 65.2 Å². The SMILES string of the molecule is CCCCc1cc(-c2c3c(cc4c2CCCC4)C=C(C)C3)ccc1OC. The van der Waals surface area contributed by atoms with Gasteiger partial charge < -0.3 is 4.74 Å². The Labute approximate surface area is 158 Å². The Balaban J connectivity index is 1.87. The van der Waals surface area contributed by atoms with Gasteiger partial charge in [0.15, 0.2) is 0 Å². The third-order valence-corrected chi connectivity index (χ3v) is 6.02. The average Bonchev–Trinajstić information content (AvgIpc) is 3.03. The van der Waals surface area contributed by atoms with E-state index >= 15 is 0 Å². The second kappa shape index (κ2) is 7.31. The van der Waals surface area contributed by atoms with Gasteiger partial charge in [0, 0.05) is 0 Å². The Morgan fingerprint density at radius 1 is 1.04 bits per heavy atom. The van der Waals surface area contributed by atoms with Crippen LogP contribution < -0.4 is 4.74 Å². The summed E-state index contributed by atoms with van der Waals surface area (Å²) in [4.78, 5) is 0. The number of benzene rings is 2. The van der Waals surface area contributed by atoms with E-state index in [2.05, 4.69) is 44.2 Å². The van der Waals surface area contributed by atoms with Crippen molar-refractivity contribution in [2.24, 2.45) is 0 Å². The molecule has 2 aliphatic carbocycles. The highest BCUT2D eigenvalue weighted by Crippen LogP contribution is 2.42. The number of methoxy groups -OCH3 is 1. The summed E-state index contributed by atoms with van der Waals surface area (Å²) < 4.78 is 5.65. The van der Waals surface area contributed by atoms with Crippen molar-refractivity contribution in [3.8, 4) is 16.9 Å². The molecule has 136 valence electrons. The van der Waals surface area contributed by atoms with E-state index in [0.29, 0.717) is 0 Å². The van der Waals surface area contributed by atoms with Gasteiger partial charge >= 0.3 is 0 Å². The van der Waals surface area contributed by atoms with Crippen LogP contribution >= 0.6 is 0 Å². The van der Waals surface area contributed by atoms with E-state index in [9.17, 15) is 0 Å². The topological polar surface area (TPSA) is 9.23 Å². The predicted molar refractivity (Wildman–Crippen MR) is 111 cm³/mol. The van der Waals surface area contributed by atoms with Crippen molar-refractivity contribution >= 4 is 6.08 Å². The Morgan fingerprint density at radius 2 is 1.88 bits per heavy atom. The first kappa shape index (κ1) is 17.4. The molecule has 1 heteroatoms. The van der Waals surface area contributed by atoms with Gasteiger partial charge in [-0.25, -0.2) is 0 Å². The van der Waals surface area contributed by atoms with Crippen molar-refractivity contribution in [3.05, 3.63) is 57.7 Å². The molecule has 0 heterocycles. The highest BCUT2D eigenvalue weighted by atomic mass is 16.5. The minimum Gasteiger partial charge on any atom is -0.496 e. The molecule has 0 spiro atoms. The molecule has 2 aromatic rings. The molecular weight excluding hydrogens is 316 g/mol. The van der Waals surface area contributed by atoms with Crippen LogP contribution in [0.3, 0.4) is 0 Å². The lowest BCUT2D eigenvalue weighted by molar-refractivity contribution is 0.409. The fourth-order valence-corrected chi connectivity index (χ4v) is 4.73. The summed E-state index contributed by atoms with van der Waals surface area (Å²) in [5.41, 5.74) is 12.0. The molecule has 0 amide bonds. The zero-order chi connectivity index (χ0) is 18.1. The highest BCUT2D eigenvalue weighted by Gasteiger charge is 2.23. The third kappa shape index (κ3) is 3.09. The molecule has 0 fully saturated rings. The van der Waals surface area contributed by atoms with Crippen LogP contribution in [0.25, 0.3) is 17.2 Å². The van der Waals surface area contributed by atoms with E-state index in [-0.39, 0.29) is 0 Å². The fraction of sp³-hybridized carbons (Fsp3) is 0.440. The van der Waals surface area contributed by atoms with Crippen LogP contribution in [0.5, 0.6) is 5.75 Å². The summed E-state index contributed by atoms with van der Waals surface area (Å²) in [7, 11) is 1.79. The lowest BCUT2D eigenvalue weighted by Gasteiger charge is -2.24. The zero-order valence-electron chi connectivity index (χ0n) is 16.5. The summed E-state index contributed by atoms with van der Waals surface area (Å²) in [5, 5.41) is 0. The van der Waals surface area contributed by atoms with Gasteiger partial charge in [-0.05, 0) is 103 Å². The molecule has 0 unspecified atom stereocenters. The van der Waals surface area contributed by atoms with Gasteiger partial charge in [0.05, 0.1) is 7.11 Å². The molecule has 0 aliphatic heterocycles.